The molecular formula is C16H23N3O4S. The second kappa shape index (κ2) is 6.70. The smallest absolute Gasteiger partial charge is 0.255 e. The fourth-order valence-electron chi connectivity index (χ4n) is 3.48. The number of carbonyl (C=O) groups excluding carboxylic acids is 1. The van der Waals surface area contributed by atoms with E-state index in [-0.39, 0.29) is 17.5 Å². The van der Waals surface area contributed by atoms with Gasteiger partial charge in [0.25, 0.3) is 5.91 Å². The van der Waals surface area contributed by atoms with Gasteiger partial charge in [0.1, 0.15) is 5.75 Å². The lowest BCUT2D eigenvalue weighted by atomic mass is 9.96. The summed E-state index contributed by atoms with van der Waals surface area (Å²) in [5, 5.41) is 0. The van der Waals surface area contributed by atoms with Crippen LogP contribution in [0.2, 0.25) is 0 Å². The van der Waals surface area contributed by atoms with Gasteiger partial charge in [0.15, 0.2) is 6.61 Å². The molecule has 24 heavy (non-hydrogen) atoms. The van der Waals surface area contributed by atoms with Crippen molar-refractivity contribution in [3.63, 3.8) is 0 Å². The fourth-order valence-corrected chi connectivity index (χ4v) is 5.03. The van der Waals surface area contributed by atoms with Crippen LogP contribution in [0.4, 0.5) is 0 Å². The lowest BCUT2D eigenvalue weighted by Gasteiger charge is -2.32. The molecule has 0 radical (unpaired) electrons. The summed E-state index contributed by atoms with van der Waals surface area (Å²) in [6, 6.07) is 6.42. The Hall–Kier alpha value is -1.64. The second-order valence-corrected chi connectivity index (χ2v) is 8.52. The molecular weight excluding hydrogens is 330 g/mol. The van der Waals surface area contributed by atoms with Gasteiger partial charge in [0.2, 0.25) is 10.0 Å². The van der Waals surface area contributed by atoms with E-state index in [9.17, 15) is 13.2 Å². The minimum atomic E-state index is -3.52. The van der Waals surface area contributed by atoms with Crippen molar-refractivity contribution in [2.75, 3.05) is 33.3 Å². The van der Waals surface area contributed by atoms with Crippen LogP contribution < -0.4 is 10.5 Å². The Bertz CT molecular complexity index is 705. The summed E-state index contributed by atoms with van der Waals surface area (Å²) >= 11 is 0. The van der Waals surface area contributed by atoms with Gasteiger partial charge in [0, 0.05) is 25.7 Å². The summed E-state index contributed by atoms with van der Waals surface area (Å²) in [4.78, 5) is 13.2. The van der Waals surface area contributed by atoms with E-state index in [1.807, 2.05) is 0 Å². The van der Waals surface area contributed by atoms with Crippen molar-refractivity contribution in [3.05, 3.63) is 24.3 Å². The highest BCUT2D eigenvalue weighted by Gasteiger charge is 2.38. The van der Waals surface area contributed by atoms with Crippen LogP contribution in [-0.2, 0) is 14.8 Å². The van der Waals surface area contributed by atoms with Crippen LogP contribution >= 0.6 is 0 Å². The van der Waals surface area contributed by atoms with Crippen molar-refractivity contribution in [1.29, 1.82) is 0 Å². The van der Waals surface area contributed by atoms with Crippen LogP contribution in [0.5, 0.6) is 5.75 Å². The van der Waals surface area contributed by atoms with Gasteiger partial charge < -0.3 is 15.4 Å². The summed E-state index contributed by atoms with van der Waals surface area (Å²) in [5.74, 6) is 0.237. The zero-order valence-electron chi connectivity index (χ0n) is 13.7. The SMILES string of the molecule is CN1C[C@H]2CC[C@@H]1CN(S(=O)(=O)c1ccc(OCC(N)=O)cc1)C2. The molecule has 1 aromatic carbocycles. The van der Waals surface area contributed by atoms with Gasteiger partial charge in [0.05, 0.1) is 4.90 Å². The number of nitrogens with two attached hydrogens (primary N) is 1. The predicted octanol–water partition coefficient (Wildman–Crippen LogP) is 0.265. The van der Waals surface area contributed by atoms with E-state index in [0.29, 0.717) is 24.8 Å². The molecule has 0 aromatic heterocycles. The number of primary amides is 1. The van der Waals surface area contributed by atoms with E-state index in [2.05, 4.69) is 11.9 Å². The van der Waals surface area contributed by atoms with Crippen molar-refractivity contribution in [3.8, 4) is 5.75 Å². The van der Waals surface area contributed by atoms with Crippen molar-refractivity contribution >= 4 is 15.9 Å². The monoisotopic (exact) mass is 353 g/mol. The van der Waals surface area contributed by atoms with Gasteiger partial charge in [-0.05, 0) is 50.1 Å². The molecule has 1 amide bonds. The molecule has 2 N–H and O–H groups in total. The van der Waals surface area contributed by atoms with Gasteiger partial charge >= 0.3 is 0 Å². The van der Waals surface area contributed by atoms with E-state index < -0.39 is 15.9 Å². The van der Waals surface area contributed by atoms with E-state index in [1.165, 1.54) is 12.1 Å². The number of carbonyl (C=O) groups is 1. The quantitative estimate of drug-likeness (QED) is 0.820. The first-order valence-corrected chi connectivity index (χ1v) is 9.52. The van der Waals surface area contributed by atoms with Crippen LogP contribution in [-0.4, -0.2) is 62.9 Å². The molecule has 3 saturated heterocycles. The molecule has 0 aliphatic carbocycles. The zero-order valence-corrected chi connectivity index (χ0v) is 14.5. The summed E-state index contributed by atoms with van der Waals surface area (Å²) in [5.41, 5.74) is 5.02. The predicted molar refractivity (Wildman–Crippen MR) is 89.0 cm³/mol. The first-order valence-electron chi connectivity index (χ1n) is 8.08. The Morgan fingerprint density at radius 3 is 2.54 bits per heavy atom. The topological polar surface area (TPSA) is 92.9 Å². The third-order valence-electron chi connectivity index (χ3n) is 4.80. The summed E-state index contributed by atoms with van der Waals surface area (Å²) in [6.45, 7) is 1.84. The largest absolute Gasteiger partial charge is 0.484 e. The maximum atomic E-state index is 12.9. The number of benzene rings is 1. The third kappa shape index (κ3) is 3.55. The third-order valence-corrected chi connectivity index (χ3v) is 6.64. The number of ether oxygens (including phenoxy) is 1. The molecule has 1 aromatic rings. The summed E-state index contributed by atoms with van der Waals surface area (Å²) in [7, 11) is -1.46. The molecule has 0 saturated carbocycles. The lowest BCUT2D eigenvalue weighted by molar-refractivity contribution is -0.119. The van der Waals surface area contributed by atoms with Gasteiger partial charge in [-0.25, -0.2) is 8.42 Å². The molecule has 4 rings (SSSR count). The standard InChI is InChI=1S/C16H23N3O4S/c1-18-8-12-2-3-13(18)10-19(9-12)24(21,22)15-6-4-14(5-7-15)23-11-16(17)20/h4-7,12-13H,2-3,8-11H2,1H3,(H2,17,20)/t12-,13-/m1/s1. The van der Waals surface area contributed by atoms with Crippen molar-refractivity contribution in [1.82, 2.24) is 9.21 Å². The van der Waals surface area contributed by atoms with Crippen LogP contribution in [0.1, 0.15) is 12.8 Å². The van der Waals surface area contributed by atoms with Crippen molar-refractivity contribution in [2.45, 2.75) is 23.8 Å². The van der Waals surface area contributed by atoms with Crippen LogP contribution in [0.3, 0.4) is 0 Å². The highest BCUT2D eigenvalue weighted by atomic mass is 32.2. The molecule has 2 atom stereocenters. The fraction of sp³-hybridized carbons (Fsp3) is 0.562. The first-order chi connectivity index (χ1) is 11.4. The highest BCUT2D eigenvalue weighted by Crippen LogP contribution is 2.30. The van der Waals surface area contributed by atoms with E-state index in [1.54, 1.807) is 16.4 Å². The van der Waals surface area contributed by atoms with Crippen LogP contribution in [0.15, 0.2) is 29.2 Å². The molecule has 8 heteroatoms. The van der Waals surface area contributed by atoms with E-state index >= 15 is 0 Å². The number of likely N-dealkylation sites (N-methyl/N-ethyl adjacent to an activating group) is 1. The molecule has 2 bridgehead atoms. The van der Waals surface area contributed by atoms with Crippen molar-refractivity contribution in [2.24, 2.45) is 11.7 Å². The molecule has 3 aliphatic heterocycles. The van der Waals surface area contributed by atoms with Crippen LogP contribution in [0, 0.1) is 5.92 Å². The highest BCUT2D eigenvalue weighted by molar-refractivity contribution is 7.89. The summed E-state index contributed by atoms with van der Waals surface area (Å²) in [6.07, 6.45) is 2.13. The number of piperidine rings is 1. The van der Waals surface area contributed by atoms with Gasteiger partial charge in [-0.1, -0.05) is 0 Å². The summed E-state index contributed by atoms with van der Waals surface area (Å²) < 4.78 is 32.6. The Morgan fingerprint density at radius 2 is 1.92 bits per heavy atom. The molecule has 3 heterocycles. The number of nitrogens with zero attached hydrogens (tertiary/aromatic N) is 2. The number of hydrogen-bond donors (Lipinski definition) is 1. The Balaban J connectivity index is 1.76. The molecule has 0 unspecified atom stereocenters. The zero-order chi connectivity index (χ0) is 17.3. The minimum Gasteiger partial charge on any atom is -0.484 e. The maximum absolute atomic E-state index is 12.9. The van der Waals surface area contributed by atoms with Crippen LogP contribution in [0.25, 0.3) is 0 Å². The van der Waals surface area contributed by atoms with Crippen molar-refractivity contribution < 1.29 is 17.9 Å². The normalized spacial score (nSPS) is 25.4. The molecule has 3 aliphatic rings. The molecule has 3 fully saturated rings. The van der Waals surface area contributed by atoms with Gasteiger partial charge in [-0.15, -0.1) is 0 Å². The van der Waals surface area contributed by atoms with E-state index in [4.69, 9.17) is 10.5 Å². The molecule has 0 spiro atoms. The first kappa shape index (κ1) is 17.2. The number of rotatable bonds is 5. The van der Waals surface area contributed by atoms with Gasteiger partial charge in [-0.3, -0.25) is 4.79 Å². The number of hydrogen-bond acceptors (Lipinski definition) is 5. The maximum Gasteiger partial charge on any atom is 0.255 e. The second-order valence-electron chi connectivity index (χ2n) is 6.59. The minimum absolute atomic E-state index is 0.228. The lowest BCUT2D eigenvalue weighted by Crippen LogP contribution is -2.41. The average Bonchev–Trinajstić information content (AvgIpc) is 2.85. The number of fused-ring (bicyclic) bond motifs is 4. The molecule has 132 valence electrons. The number of sulfonamides is 1. The van der Waals surface area contributed by atoms with E-state index in [0.717, 1.165) is 19.4 Å². The Morgan fingerprint density at radius 1 is 1.21 bits per heavy atom. The van der Waals surface area contributed by atoms with Gasteiger partial charge in [-0.2, -0.15) is 4.31 Å². The Kier molecular flexibility index (Phi) is 4.80. The number of amides is 1. The Labute approximate surface area is 142 Å². The average molecular weight is 353 g/mol. The molecule has 7 nitrogen and oxygen atoms in total.